The molecular formula is C13H14IN3O3. The van der Waals surface area contributed by atoms with E-state index in [1.807, 2.05) is 22.6 Å². The van der Waals surface area contributed by atoms with Gasteiger partial charge in [-0.3, -0.25) is 4.79 Å². The van der Waals surface area contributed by atoms with Gasteiger partial charge in [-0.05, 0) is 40.8 Å². The minimum atomic E-state index is -0.101. The van der Waals surface area contributed by atoms with Crippen LogP contribution in [-0.2, 0) is 0 Å². The van der Waals surface area contributed by atoms with Crippen molar-refractivity contribution in [1.29, 1.82) is 0 Å². The van der Waals surface area contributed by atoms with Gasteiger partial charge in [0.2, 0.25) is 0 Å². The van der Waals surface area contributed by atoms with E-state index in [0.717, 1.165) is 3.57 Å². The predicted molar refractivity (Wildman–Crippen MR) is 80.6 cm³/mol. The lowest BCUT2D eigenvalue weighted by Crippen LogP contribution is -2.53. The molecule has 0 saturated carbocycles. The van der Waals surface area contributed by atoms with E-state index < -0.39 is 0 Å². The van der Waals surface area contributed by atoms with E-state index in [2.05, 4.69) is 5.32 Å². The van der Waals surface area contributed by atoms with E-state index >= 15 is 0 Å². The zero-order chi connectivity index (χ0) is 14.3. The maximum Gasteiger partial charge on any atom is 0.317 e. The summed E-state index contributed by atoms with van der Waals surface area (Å²) in [5, 5.41) is 12.5. The van der Waals surface area contributed by atoms with Crippen LogP contribution >= 0.6 is 22.6 Å². The van der Waals surface area contributed by atoms with E-state index in [1.165, 1.54) is 6.07 Å². The summed E-state index contributed by atoms with van der Waals surface area (Å²) in [6, 6.07) is 4.94. The van der Waals surface area contributed by atoms with Gasteiger partial charge in [-0.25, -0.2) is 4.79 Å². The van der Waals surface area contributed by atoms with Gasteiger partial charge in [0, 0.05) is 31.7 Å². The average molecular weight is 387 g/mol. The molecule has 2 aliphatic heterocycles. The first-order valence-electron chi connectivity index (χ1n) is 6.38. The second kappa shape index (κ2) is 5.12. The smallest absolute Gasteiger partial charge is 0.317 e. The summed E-state index contributed by atoms with van der Waals surface area (Å²) in [4.78, 5) is 27.4. The van der Waals surface area contributed by atoms with Crippen LogP contribution in [0, 0.1) is 3.57 Å². The van der Waals surface area contributed by atoms with Crippen molar-refractivity contribution in [2.45, 2.75) is 6.04 Å². The number of hydrogen-bond donors (Lipinski definition) is 2. The molecule has 6 nitrogen and oxygen atoms in total. The Morgan fingerprint density at radius 1 is 1.40 bits per heavy atom. The highest BCUT2D eigenvalue weighted by Crippen LogP contribution is 2.22. The number of urea groups is 1. The third-order valence-electron chi connectivity index (χ3n) is 3.71. The summed E-state index contributed by atoms with van der Waals surface area (Å²) in [5.74, 6) is 0.0171. The van der Waals surface area contributed by atoms with Gasteiger partial charge in [0.15, 0.2) is 0 Å². The standard InChI is InChI=1S/C13H14IN3O3/c14-10-2-1-8(5-11(10)18)12(19)16-3-4-17-9(7-16)6-15-13(17)20/h1-2,5,9,18H,3-4,6-7H2,(H,15,20). The zero-order valence-electron chi connectivity index (χ0n) is 10.7. The molecule has 3 amide bonds. The summed E-state index contributed by atoms with van der Waals surface area (Å²) in [7, 11) is 0. The minimum absolute atomic E-state index is 0.0472. The number of nitrogens with one attached hydrogen (secondary N) is 1. The van der Waals surface area contributed by atoms with Gasteiger partial charge in [0.1, 0.15) is 5.75 Å². The highest BCUT2D eigenvalue weighted by molar-refractivity contribution is 14.1. The second-order valence-corrected chi connectivity index (χ2v) is 6.11. The fourth-order valence-corrected chi connectivity index (χ4v) is 2.95. The average Bonchev–Trinajstić information content (AvgIpc) is 2.82. The second-order valence-electron chi connectivity index (χ2n) is 4.95. The lowest BCUT2D eigenvalue weighted by Gasteiger charge is -2.36. The third-order valence-corrected chi connectivity index (χ3v) is 4.63. The van der Waals surface area contributed by atoms with Crippen LogP contribution in [0.2, 0.25) is 0 Å². The van der Waals surface area contributed by atoms with Gasteiger partial charge in [0.05, 0.1) is 9.61 Å². The van der Waals surface area contributed by atoms with Crippen molar-refractivity contribution in [3.63, 3.8) is 0 Å². The summed E-state index contributed by atoms with van der Waals surface area (Å²) >= 11 is 2.01. The predicted octanol–water partition coefficient (Wildman–Crippen LogP) is 0.846. The van der Waals surface area contributed by atoms with Crippen LogP contribution in [0.3, 0.4) is 0 Å². The van der Waals surface area contributed by atoms with Crippen molar-refractivity contribution in [3.05, 3.63) is 27.3 Å². The fourth-order valence-electron chi connectivity index (χ4n) is 2.62. The lowest BCUT2D eigenvalue weighted by atomic mass is 10.1. The van der Waals surface area contributed by atoms with Crippen molar-refractivity contribution >= 4 is 34.5 Å². The number of benzene rings is 1. The molecular weight excluding hydrogens is 373 g/mol. The van der Waals surface area contributed by atoms with E-state index in [0.29, 0.717) is 31.7 Å². The number of fused-ring (bicyclic) bond motifs is 1. The number of piperazine rings is 1. The normalized spacial score (nSPS) is 21.6. The molecule has 3 rings (SSSR count). The first kappa shape index (κ1) is 13.5. The first-order valence-corrected chi connectivity index (χ1v) is 7.46. The Balaban J connectivity index is 1.75. The van der Waals surface area contributed by atoms with Crippen LogP contribution in [0.4, 0.5) is 4.79 Å². The zero-order valence-corrected chi connectivity index (χ0v) is 12.8. The van der Waals surface area contributed by atoms with Gasteiger partial charge in [-0.2, -0.15) is 0 Å². The molecule has 0 radical (unpaired) electrons. The molecule has 2 N–H and O–H groups in total. The highest BCUT2D eigenvalue weighted by Gasteiger charge is 2.37. The molecule has 1 unspecified atom stereocenters. The molecule has 106 valence electrons. The SMILES string of the molecule is O=C(c1ccc(I)c(O)c1)N1CCN2C(=O)NCC2C1. The Labute approximate surface area is 129 Å². The molecule has 0 bridgehead atoms. The lowest BCUT2D eigenvalue weighted by molar-refractivity contribution is 0.0616. The fraction of sp³-hybridized carbons (Fsp3) is 0.385. The molecule has 0 aromatic heterocycles. The Morgan fingerprint density at radius 3 is 2.95 bits per heavy atom. The number of nitrogens with zero attached hydrogens (tertiary/aromatic N) is 2. The summed E-state index contributed by atoms with van der Waals surface area (Å²) in [6.45, 7) is 2.19. The number of amides is 3. The number of carbonyl (C=O) groups is 2. The largest absolute Gasteiger partial charge is 0.507 e. The monoisotopic (exact) mass is 387 g/mol. The van der Waals surface area contributed by atoms with E-state index in [1.54, 1.807) is 21.9 Å². The van der Waals surface area contributed by atoms with E-state index in [9.17, 15) is 14.7 Å². The summed E-state index contributed by atoms with van der Waals surface area (Å²) in [6.07, 6.45) is 0. The number of hydrogen-bond acceptors (Lipinski definition) is 3. The Hall–Kier alpha value is -1.51. The van der Waals surface area contributed by atoms with Crippen molar-refractivity contribution in [2.24, 2.45) is 0 Å². The van der Waals surface area contributed by atoms with Gasteiger partial charge >= 0.3 is 6.03 Å². The molecule has 2 aliphatic rings. The van der Waals surface area contributed by atoms with Gasteiger partial charge in [-0.1, -0.05) is 0 Å². The van der Waals surface area contributed by atoms with Crippen LogP contribution < -0.4 is 5.32 Å². The van der Waals surface area contributed by atoms with Crippen molar-refractivity contribution in [2.75, 3.05) is 26.2 Å². The molecule has 1 aromatic rings. The molecule has 2 saturated heterocycles. The summed E-state index contributed by atoms with van der Waals surface area (Å²) in [5.41, 5.74) is 0.480. The molecule has 2 heterocycles. The maximum absolute atomic E-state index is 12.4. The van der Waals surface area contributed by atoms with E-state index in [-0.39, 0.29) is 23.7 Å². The van der Waals surface area contributed by atoms with Crippen LogP contribution in [0.15, 0.2) is 18.2 Å². The van der Waals surface area contributed by atoms with Crippen molar-refractivity contribution < 1.29 is 14.7 Å². The Kier molecular flexibility index (Phi) is 3.45. The Morgan fingerprint density at radius 2 is 2.20 bits per heavy atom. The first-order chi connectivity index (χ1) is 9.56. The van der Waals surface area contributed by atoms with Gasteiger partial charge in [0.25, 0.3) is 5.91 Å². The molecule has 0 aliphatic carbocycles. The Bertz CT molecular complexity index is 578. The van der Waals surface area contributed by atoms with E-state index in [4.69, 9.17) is 0 Å². The topological polar surface area (TPSA) is 72.9 Å². The third kappa shape index (κ3) is 2.30. The van der Waals surface area contributed by atoms with Gasteiger partial charge in [-0.15, -0.1) is 0 Å². The van der Waals surface area contributed by atoms with Crippen molar-refractivity contribution in [1.82, 2.24) is 15.1 Å². The van der Waals surface area contributed by atoms with Crippen LogP contribution in [0.5, 0.6) is 5.75 Å². The molecule has 2 fully saturated rings. The maximum atomic E-state index is 12.4. The van der Waals surface area contributed by atoms with Gasteiger partial charge < -0.3 is 20.2 Å². The van der Waals surface area contributed by atoms with Crippen LogP contribution in [0.25, 0.3) is 0 Å². The molecule has 7 heteroatoms. The number of phenols is 1. The quantitative estimate of drug-likeness (QED) is 0.702. The number of halogens is 1. The number of phenolic OH excluding ortho intramolecular Hbond substituents is 1. The summed E-state index contributed by atoms with van der Waals surface area (Å²) < 4.78 is 0.717. The van der Waals surface area contributed by atoms with Crippen molar-refractivity contribution in [3.8, 4) is 5.75 Å². The molecule has 20 heavy (non-hydrogen) atoms. The number of rotatable bonds is 1. The number of aromatic hydroxyl groups is 1. The number of carbonyl (C=O) groups excluding carboxylic acids is 2. The highest BCUT2D eigenvalue weighted by atomic mass is 127. The molecule has 0 spiro atoms. The minimum Gasteiger partial charge on any atom is -0.507 e. The van der Waals surface area contributed by atoms with Crippen LogP contribution in [-0.4, -0.2) is 59.1 Å². The molecule has 1 atom stereocenters. The van der Waals surface area contributed by atoms with Crippen LogP contribution in [0.1, 0.15) is 10.4 Å². The molecule has 1 aromatic carbocycles.